The molecule has 0 saturated carbocycles. The maximum absolute atomic E-state index is 9.89. The molecule has 2 nitrogen and oxygen atoms in total. The van der Waals surface area contributed by atoms with Crippen LogP contribution in [0.2, 0.25) is 0 Å². The molecule has 0 radical (unpaired) electrons. The van der Waals surface area contributed by atoms with E-state index < -0.39 is 5.72 Å². The molecule has 0 amide bonds. The first kappa shape index (κ1) is 8.73. The van der Waals surface area contributed by atoms with E-state index in [-0.39, 0.29) is 0 Å². The smallest absolute Gasteiger partial charge is 0.117 e. The first-order valence-corrected chi connectivity index (χ1v) is 4.72. The standard InChI is InChI=1S/C11H15NO/c1-11(13)8-10-5-3-2-4-9(10)6-7-12-11/h2-5,12-13H,6-8H2,1H3. The fraction of sp³-hybridized carbons (Fsp3) is 0.455. The summed E-state index contributed by atoms with van der Waals surface area (Å²) < 4.78 is 0. The van der Waals surface area contributed by atoms with E-state index in [0.29, 0.717) is 6.42 Å². The third-order valence-electron chi connectivity index (χ3n) is 2.55. The Morgan fingerprint density at radius 3 is 2.77 bits per heavy atom. The summed E-state index contributed by atoms with van der Waals surface area (Å²) >= 11 is 0. The van der Waals surface area contributed by atoms with Crippen LogP contribution in [-0.4, -0.2) is 17.4 Å². The quantitative estimate of drug-likeness (QED) is 0.621. The van der Waals surface area contributed by atoms with Crippen molar-refractivity contribution >= 4 is 0 Å². The Hall–Kier alpha value is -0.860. The first-order chi connectivity index (χ1) is 6.17. The molecular weight excluding hydrogens is 162 g/mol. The van der Waals surface area contributed by atoms with Gasteiger partial charge in [0.15, 0.2) is 0 Å². The SMILES string of the molecule is CC1(O)Cc2ccccc2CCN1. The van der Waals surface area contributed by atoms with Gasteiger partial charge in [0.05, 0.1) is 0 Å². The largest absolute Gasteiger partial charge is 0.376 e. The molecule has 1 heterocycles. The van der Waals surface area contributed by atoms with Gasteiger partial charge in [-0.1, -0.05) is 24.3 Å². The Bertz CT molecular complexity index is 307. The molecule has 0 bridgehead atoms. The summed E-state index contributed by atoms with van der Waals surface area (Å²) in [5.74, 6) is 0. The van der Waals surface area contributed by atoms with Crippen LogP contribution in [0, 0.1) is 0 Å². The van der Waals surface area contributed by atoms with E-state index in [1.165, 1.54) is 11.1 Å². The van der Waals surface area contributed by atoms with E-state index in [1.807, 2.05) is 13.0 Å². The van der Waals surface area contributed by atoms with E-state index in [0.717, 1.165) is 13.0 Å². The molecule has 0 aromatic heterocycles. The maximum Gasteiger partial charge on any atom is 0.117 e. The van der Waals surface area contributed by atoms with Gasteiger partial charge in [-0.25, -0.2) is 0 Å². The van der Waals surface area contributed by atoms with Crippen LogP contribution in [-0.2, 0) is 12.8 Å². The molecule has 1 atom stereocenters. The van der Waals surface area contributed by atoms with Crippen molar-refractivity contribution in [2.45, 2.75) is 25.5 Å². The van der Waals surface area contributed by atoms with Gasteiger partial charge in [-0.3, -0.25) is 5.32 Å². The van der Waals surface area contributed by atoms with E-state index in [1.54, 1.807) is 0 Å². The Morgan fingerprint density at radius 2 is 2.00 bits per heavy atom. The zero-order valence-electron chi connectivity index (χ0n) is 7.88. The second kappa shape index (κ2) is 3.13. The van der Waals surface area contributed by atoms with Gasteiger partial charge in [-0.15, -0.1) is 0 Å². The van der Waals surface area contributed by atoms with Crippen molar-refractivity contribution in [3.8, 4) is 0 Å². The zero-order chi connectivity index (χ0) is 9.31. The van der Waals surface area contributed by atoms with E-state index in [9.17, 15) is 5.11 Å². The number of hydrogen-bond donors (Lipinski definition) is 2. The summed E-state index contributed by atoms with van der Waals surface area (Å²) in [6.07, 6.45) is 1.70. The minimum Gasteiger partial charge on any atom is -0.376 e. The number of aliphatic hydroxyl groups is 1. The number of nitrogens with one attached hydrogen (secondary N) is 1. The van der Waals surface area contributed by atoms with Crippen molar-refractivity contribution in [1.82, 2.24) is 5.32 Å². The van der Waals surface area contributed by atoms with Crippen molar-refractivity contribution < 1.29 is 5.11 Å². The highest BCUT2D eigenvalue weighted by molar-refractivity contribution is 5.29. The predicted molar refractivity (Wildman–Crippen MR) is 52.5 cm³/mol. The van der Waals surface area contributed by atoms with Gasteiger partial charge < -0.3 is 5.11 Å². The number of hydrogen-bond acceptors (Lipinski definition) is 2. The van der Waals surface area contributed by atoms with Crippen LogP contribution in [0.5, 0.6) is 0 Å². The molecule has 2 rings (SSSR count). The molecule has 1 aromatic rings. The van der Waals surface area contributed by atoms with Crippen molar-refractivity contribution in [3.63, 3.8) is 0 Å². The van der Waals surface area contributed by atoms with Gasteiger partial charge in [0.2, 0.25) is 0 Å². The minimum atomic E-state index is -0.743. The van der Waals surface area contributed by atoms with Gasteiger partial charge in [-0.05, 0) is 24.5 Å². The highest BCUT2D eigenvalue weighted by Gasteiger charge is 2.23. The summed E-state index contributed by atoms with van der Waals surface area (Å²) in [6.45, 7) is 2.68. The van der Waals surface area contributed by atoms with Crippen LogP contribution in [0.15, 0.2) is 24.3 Å². The molecule has 0 saturated heterocycles. The Morgan fingerprint density at radius 1 is 1.31 bits per heavy atom. The lowest BCUT2D eigenvalue weighted by Crippen LogP contribution is -2.43. The van der Waals surface area contributed by atoms with E-state index in [2.05, 4.69) is 23.5 Å². The molecule has 70 valence electrons. The molecule has 2 N–H and O–H groups in total. The molecule has 0 spiro atoms. The van der Waals surface area contributed by atoms with Crippen LogP contribution in [0.3, 0.4) is 0 Å². The molecule has 1 aromatic carbocycles. The normalized spacial score (nSPS) is 27.8. The maximum atomic E-state index is 9.89. The van der Waals surface area contributed by atoms with E-state index >= 15 is 0 Å². The van der Waals surface area contributed by atoms with Gasteiger partial charge >= 0.3 is 0 Å². The van der Waals surface area contributed by atoms with Crippen molar-refractivity contribution in [2.75, 3.05) is 6.54 Å². The average Bonchev–Trinajstić information content (AvgIpc) is 2.21. The summed E-state index contributed by atoms with van der Waals surface area (Å²) in [5.41, 5.74) is 1.87. The zero-order valence-corrected chi connectivity index (χ0v) is 7.88. The third kappa shape index (κ3) is 1.90. The van der Waals surface area contributed by atoms with Gasteiger partial charge in [-0.2, -0.15) is 0 Å². The third-order valence-corrected chi connectivity index (χ3v) is 2.55. The molecule has 1 unspecified atom stereocenters. The van der Waals surface area contributed by atoms with Gasteiger partial charge in [0.1, 0.15) is 5.72 Å². The topological polar surface area (TPSA) is 32.3 Å². The summed E-state index contributed by atoms with van der Waals surface area (Å²) in [6, 6.07) is 8.31. The summed E-state index contributed by atoms with van der Waals surface area (Å²) in [4.78, 5) is 0. The highest BCUT2D eigenvalue weighted by Crippen LogP contribution is 2.18. The van der Waals surface area contributed by atoms with Crippen LogP contribution >= 0.6 is 0 Å². The first-order valence-electron chi connectivity index (χ1n) is 4.72. The van der Waals surface area contributed by atoms with Crippen LogP contribution in [0.25, 0.3) is 0 Å². The van der Waals surface area contributed by atoms with Crippen LogP contribution < -0.4 is 5.32 Å². The Labute approximate surface area is 78.6 Å². The molecule has 13 heavy (non-hydrogen) atoms. The van der Waals surface area contributed by atoms with Crippen LogP contribution in [0.4, 0.5) is 0 Å². The van der Waals surface area contributed by atoms with Gasteiger partial charge in [0.25, 0.3) is 0 Å². The fourth-order valence-electron chi connectivity index (χ4n) is 1.87. The minimum absolute atomic E-state index is 0.698. The molecule has 2 heteroatoms. The Kier molecular flexibility index (Phi) is 2.10. The summed E-state index contributed by atoms with van der Waals surface area (Å²) in [5, 5.41) is 13.0. The molecule has 0 fully saturated rings. The van der Waals surface area contributed by atoms with Crippen molar-refractivity contribution in [2.24, 2.45) is 0 Å². The summed E-state index contributed by atoms with van der Waals surface area (Å²) in [7, 11) is 0. The molecule has 0 aliphatic carbocycles. The second-order valence-electron chi connectivity index (χ2n) is 3.90. The lowest BCUT2D eigenvalue weighted by atomic mass is 10.00. The lowest BCUT2D eigenvalue weighted by molar-refractivity contribution is 0.0277. The molecular formula is C11H15NO. The Balaban J connectivity index is 2.34. The monoisotopic (exact) mass is 177 g/mol. The lowest BCUT2D eigenvalue weighted by Gasteiger charge is -2.22. The fourth-order valence-corrected chi connectivity index (χ4v) is 1.87. The highest BCUT2D eigenvalue weighted by atomic mass is 16.3. The number of rotatable bonds is 0. The second-order valence-corrected chi connectivity index (χ2v) is 3.90. The van der Waals surface area contributed by atoms with Crippen molar-refractivity contribution in [3.05, 3.63) is 35.4 Å². The average molecular weight is 177 g/mol. The molecule has 1 aliphatic heterocycles. The predicted octanol–water partition coefficient (Wildman–Crippen LogP) is 1.08. The van der Waals surface area contributed by atoms with Crippen LogP contribution in [0.1, 0.15) is 18.1 Å². The van der Waals surface area contributed by atoms with Gasteiger partial charge in [0, 0.05) is 13.0 Å². The number of fused-ring (bicyclic) bond motifs is 1. The molecule has 1 aliphatic rings. The number of benzene rings is 1. The van der Waals surface area contributed by atoms with E-state index in [4.69, 9.17) is 0 Å². The van der Waals surface area contributed by atoms with Crippen molar-refractivity contribution in [1.29, 1.82) is 0 Å².